The number of nitrogens with zero attached hydrogens (tertiary/aromatic N) is 1. The van der Waals surface area contributed by atoms with E-state index in [9.17, 15) is 9.59 Å². The van der Waals surface area contributed by atoms with Gasteiger partial charge in [0.05, 0.1) is 6.04 Å². The molecular formula is C25H39N3O2. The first kappa shape index (κ1) is 22.8. The fourth-order valence-electron chi connectivity index (χ4n) is 5.61. The molecule has 2 saturated carbocycles. The van der Waals surface area contributed by atoms with E-state index < -0.39 is 12.1 Å². The molecule has 5 unspecified atom stereocenters. The molecule has 5 heteroatoms. The van der Waals surface area contributed by atoms with Gasteiger partial charge in [-0.15, -0.1) is 0 Å². The quantitative estimate of drug-likeness (QED) is 0.684. The lowest BCUT2D eigenvalue weighted by molar-refractivity contribution is -0.141. The number of nitrogens with one attached hydrogen (secondary N) is 1. The van der Waals surface area contributed by atoms with Gasteiger partial charge in [0.25, 0.3) is 0 Å². The van der Waals surface area contributed by atoms with Crippen molar-refractivity contribution >= 4 is 11.8 Å². The Morgan fingerprint density at radius 1 is 1.07 bits per heavy atom. The summed E-state index contributed by atoms with van der Waals surface area (Å²) < 4.78 is 0. The second kappa shape index (κ2) is 9.51. The van der Waals surface area contributed by atoms with E-state index in [1.165, 1.54) is 24.8 Å². The van der Waals surface area contributed by atoms with Gasteiger partial charge >= 0.3 is 0 Å². The molecule has 0 radical (unpaired) electrons. The van der Waals surface area contributed by atoms with Gasteiger partial charge in [-0.1, -0.05) is 58.0 Å². The molecule has 2 aliphatic carbocycles. The number of benzene rings is 1. The highest BCUT2D eigenvalue weighted by atomic mass is 16.2. The summed E-state index contributed by atoms with van der Waals surface area (Å²) in [6, 6.07) is 9.73. The molecule has 6 atom stereocenters. The van der Waals surface area contributed by atoms with Gasteiger partial charge in [0.15, 0.2) is 0 Å². The fourth-order valence-corrected chi connectivity index (χ4v) is 5.61. The molecule has 2 bridgehead atoms. The van der Waals surface area contributed by atoms with Crippen LogP contribution in [0.25, 0.3) is 0 Å². The molecule has 30 heavy (non-hydrogen) atoms. The van der Waals surface area contributed by atoms with Gasteiger partial charge < -0.3 is 16.0 Å². The zero-order valence-corrected chi connectivity index (χ0v) is 19.2. The van der Waals surface area contributed by atoms with E-state index in [0.717, 1.165) is 0 Å². The molecule has 3 rings (SSSR count). The molecular weight excluding hydrogens is 374 g/mol. The maximum absolute atomic E-state index is 13.8. The first-order valence-electron chi connectivity index (χ1n) is 11.7. The summed E-state index contributed by atoms with van der Waals surface area (Å²) in [6.07, 6.45) is 3.64. The van der Waals surface area contributed by atoms with Gasteiger partial charge in [0.1, 0.15) is 6.04 Å². The minimum atomic E-state index is -0.603. The van der Waals surface area contributed by atoms with E-state index in [-0.39, 0.29) is 29.7 Å². The number of carbonyl (C=O) groups excluding carboxylic acids is 2. The van der Waals surface area contributed by atoms with Crippen LogP contribution >= 0.6 is 0 Å². The average molecular weight is 414 g/mol. The molecule has 0 saturated heterocycles. The minimum absolute atomic E-state index is 0.00336. The smallest absolute Gasteiger partial charge is 0.245 e. The lowest BCUT2D eigenvalue weighted by Crippen LogP contribution is -2.58. The van der Waals surface area contributed by atoms with Crippen molar-refractivity contribution in [3.63, 3.8) is 0 Å². The summed E-state index contributed by atoms with van der Waals surface area (Å²) in [6.45, 7) is 10.6. The van der Waals surface area contributed by atoms with Crippen molar-refractivity contribution in [3.05, 3.63) is 35.9 Å². The third-order valence-corrected chi connectivity index (χ3v) is 7.29. The Hall–Kier alpha value is -1.88. The van der Waals surface area contributed by atoms with Gasteiger partial charge in [-0.2, -0.15) is 0 Å². The molecule has 0 aliphatic heterocycles. The highest BCUT2D eigenvalue weighted by molar-refractivity contribution is 5.90. The average Bonchev–Trinajstić information content (AvgIpc) is 3.34. The van der Waals surface area contributed by atoms with Crippen molar-refractivity contribution in [2.24, 2.45) is 29.4 Å². The number of hydrogen-bond donors (Lipinski definition) is 2. The van der Waals surface area contributed by atoms with Crippen molar-refractivity contribution in [1.82, 2.24) is 10.2 Å². The second-order valence-electron chi connectivity index (χ2n) is 9.88. The zero-order chi connectivity index (χ0) is 22.0. The summed E-state index contributed by atoms with van der Waals surface area (Å²) in [5.74, 6) is 1.41. The number of nitrogens with two attached hydrogens (primary N) is 1. The Kier molecular flexibility index (Phi) is 7.22. The van der Waals surface area contributed by atoms with Crippen molar-refractivity contribution < 1.29 is 9.59 Å². The third kappa shape index (κ3) is 4.41. The van der Waals surface area contributed by atoms with Gasteiger partial charge in [0.2, 0.25) is 11.8 Å². The Morgan fingerprint density at radius 2 is 1.70 bits per heavy atom. The van der Waals surface area contributed by atoms with Crippen LogP contribution in [0.5, 0.6) is 0 Å². The Morgan fingerprint density at radius 3 is 2.27 bits per heavy atom. The molecule has 2 fully saturated rings. The molecule has 0 aromatic heterocycles. The zero-order valence-electron chi connectivity index (χ0n) is 19.2. The summed E-state index contributed by atoms with van der Waals surface area (Å²) in [7, 11) is 0. The number of likely N-dealkylation sites (N-methyl/N-ethyl adjacent to an activating group) is 1. The van der Waals surface area contributed by atoms with E-state index in [0.29, 0.717) is 24.3 Å². The van der Waals surface area contributed by atoms with E-state index in [1.54, 1.807) is 0 Å². The lowest BCUT2D eigenvalue weighted by Gasteiger charge is -2.42. The molecule has 166 valence electrons. The summed E-state index contributed by atoms with van der Waals surface area (Å²) >= 11 is 0. The van der Waals surface area contributed by atoms with Crippen LogP contribution in [0, 0.1) is 23.7 Å². The third-order valence-electron chi connectivity index (χ3n) is 7.29. The van der Waals surface area contributed by atoms with Crippen LogP contribution < -0.4 is 11.1 Å². The molecule has 1 aromatic rings. The second-order valence-corrected chi connectivity index (χ2v) is 9.88. The Labute approximate surface area is 181 Å². The topological polar surface area (TPSA) is 75.4 Å². The maximum Gasteiger partial charge on any atom is 0.245 e. The molecule has 1 aromatic carbocycles. The normalized spacial score (nSPS) is 27.3. The van der Waals surface area contributed by atoms with Crippen LogP contribution in [0.1, 0.15) is 65.4 Å². The van der Waals surface area contributed by atoms with Crippen LogP contribution in [0.4, 0.5) is 0 Å². The Balaban J connectivity index is 1.85. The van der Waals surface area contributed by atoms with Crippen LogP contribution in [0.3, 0.4) is 0 Å². The van der Waals surface area contributed by atoms with Crippen LogP contribution in [-0.2, 0) is 9.59 Å². The molecule has 3 N–H and O–H groups in total. The van der Waals surface area contributed by atoms with E-state index >= 15 is 0 Å². The highest BCUT2D eigenvalue weighted by Crippen LogP contribution is 2.55. The monoisotopic (exact) mass is 413 g/mol. The van der Waals surface area contributed by atoms with Gasteiger partial charge in [-0.05, 0) is 55.4 Å². The van der Waals surface area contributed by atoms with Crippen molar-refractivity contribution in [1.29, 1.82) is 0 Å². The van der Waals surface area contributed by atoms with Crippen molar-refractivity contribution in [2.45, 2.75) is 77.9 Å². The number of fused-ring (bicyclic) bond motifs is 2. The lowest BCUT2D eigenvalue weighted by atomic mass is 9.78. The first-order valence-corrected chi connectivity index (χ1v) is 11.7. The van der Waals surface area contributed by atoms with Crippen LogP contribution in [-0.4, -0.2) is 41.4 Å². The van der Waals surface area contributed by atoms with Gasteiger partial charge in [0, 0.05) is 18.5 Å². The SMILES string of the molecule is CCN(C(=O)C(NC(=O)[C@@H](N)C(C)C)C(C)C)C1C2CCC(C2)C1c1ccccc1. The molecule has 0 spiro atoms. The predicted octanol–water partition coefficient (Wildman–Crippen LogP) is 3.54. The number of amides is 2. The van der Waals surface area contributed by atoms with E-state index in [1.807, 2.05) is 27.7 Å². The van der Waals surface area contributed by atoms with E-state index in [4.69, 9.17) is 5.73 Å². The molecule has 5 nitrogen and oxygen atoms in total. The van der Waals surface area contributed by atoms with Crippen LogP contribution in [0.2, 0.25) is 0 Å². The summed E-state index contributed by atoms with van der Waals surface area (Å²) in [5, 5.41) is 2.98. The van der Waals surface area contributed by atoms with Crippen LogP contribution in [0.15, 0.2) is 30.3 Å². The van der Waals surface area contributed by atoms with Gasteiger partial charge in [-0.25, -0.2) is 0 Å². The number of rotatable bonds is 8. The molecule has 2 aliphatic rings. The summed E-state index contributed by atoms with van der Waals surface area (Å²) in [5.41, 5.74) is 7.39. The highest BCUT2D eigenvalue weighted by Gasteiger charge is 2.51. The first-order chi connectivity index (χ1) is 14.3. The largest absolute Gasteiger partial charge is 0.343 e. The Bertz CT molecular complexity index is 733. The fraction of sp³-hybridized carbons (Fsp3) is 0.680. The van der Waals surface area contributed by atoms with E-state index in [2.05, 4.69) is 47.5 Å². The number of carbonyl (C=O) groups is 2. The van der Waals surface area contributed by atoms with Crippen molar-refractivity contribution in [3.8, 4) is 0 Å². The van der Waals surface area contributed by atoms with Crippen molar-refractivity contribution in [2.75, 3.05) is 6.54 Å². The molecule has 2 amide bonds. The standard InChI is InChI=1S/C25H39N3O2/c1-6-28(25(30)22(16(4)5)27-24(29)21(26)15(2)3)23-19-13-12-18(14-19)20(23)17-10-8-7-9-11-17/h7-11,15-16,18-23H,6,12-14,26H2,1-5H3,(H,27,29)/t18?,19?,20?,21-,22?,23?/m0/s1. The minimum Gasteiger partial charge on any atom is -0.343 e. The summed E-state index contributed by atoms with van der Waals surface area (Å²) in [4.78, 5) is 28.5. The number of hydrogen-bond acceptors (Lipinski definition) is 3. The van der Waals surface area contributed by atoms with Gasteiger partial charge in [-0.3, -0.25) is 9.59 Å². The predicted molar refractivity (Wildman–Crippen MR) is 121 cm³/mol. The maximum atomic E-state index is 13.8. The molecule has 0 heterocycles.